The van der Waals surface area contributed by atoms with Crippen LogP contribution in [0.4, 0.5) is 0 Å². The van der Waals surface area contributed by atoms with Gasteiger partial charge in [0.05, 0.1) is 36.6 Å². The number of halogens is 1. The minimum Gasteiger partial charge on any atom is -0.492 e. The lowest BCUT2D eigenvalue weighted by molar-refractivity contribution is 0.0290. The number of hydrogen-bond acceptors (Lipinski definition) is 6. The summed E-state index contributed by atoms with van der Waals surface area (Å²) < 4.78 is 13.8. The molecule has 4 heterocycles. The van der Waals surface area contributed by atoms with Crippen LogP contribution in [0.2, 0.25) is 5.02 Å². The van der Waals surface area contributed by atoms with E-state index in [-0.39, 0.29) is 18.4 Å². The molecule has 39 heavy (non-hydrogen) atoms. The number of carbonyl (C=O) groups is 2. The Morgan fingerprint density at radius 2 is 2.03 bits per heavy atom. The number of amides is 2. The summed E-state index contributed by atoms with van der Waals surface area (Å²) in [4.78, 5) is 32.0. The number of benzene rings is 2. The van der Waals surface area contributed by atoms with E-state index < -0.39 is 12.1 Å². The molecule has 1 fully saturated rings. The zero-order chi connectivity index (χ0) is 27.1. The number of aromatic amines is 1. The van der Waals surface area contributed by atoms with Gasteiger partial charge in [-0.15, -0.1) is 5.10 Å². The van der Waals surface area contributed by atoms with Gasteiger partial charge in [-0.2, -0.15) is 0 Å². The van der Waals surface area contributed by atoms with E-state index in [1.54, 1.807) is 27.8 Å². The molecule has 2 aliphatic heterocycles. The fourth-order valence-electron chi connectivity index (χ4n) is 5.18. The average molecular weight is 549 g/mol. The number of fused-ring (bicyclic) bond motifs is 6. The smallest absolute Gasteiger partial charge is 0.270 e. The predicted octanol–water partition coefficient (Wildman–Crippen LogP) is 3.65. The van der Waals surface area contributed by atoms with Crippen molar-refractivity contribution in [3.05, 3.63) is 75.7 Å². The molecule has 2 aromatic heterocycles. The highest BCUT2D eigenvalue weighted by molar-refractivity contribution is 6.32. The van der Waals surface area contributed by atoms with E-state index in [0.717, 1.165) is 22.0 Å². The van der Waals surface area contributed by atoms with Crippen LogP contribution in [0.25, 0.3) is 10.9 Å². The third kappa shape index (κ3) is 5.09. The average Bonchev–Trinajstić information content (AvgIpc) is 3.63. The van der Waals surface area contributed by atoms with E-state index in [4.69, 9.17) is 21.1 Å². The summed E-state index contributed by atoms with van der Waals surface area (Å²) >= 11 is 6.31. The Bertz CT molecular complexity index is 1560. The standard InChI is InChI=1S/C28H29ClN6O4/c1-16-4-7-22-20(10-16)17(2)26(30-22)28(37)34-13-23-25(14-34)39-15-19-12-35(33-32-19)8-3-9-38-24-11-18(27(36)31-23)5-6-21(24)29/h4-7,10-12,23,25,30H,3,8-9,13-15H2,1-2H3,(H,31,36)/t23-,25-/m0/s1. The molecular formula is C28H29ClN6O4. The third-order valence-electron chi connectivity index (χ3n) is 7.31. The Kier molecular flexibility index (Phi) is 6.74. The van der Waals surface area contributed by atoms with Crippen molar-refractivity contribution in [1.82, 2.24) is 30.2 Å². The number of nitrogens with zero attached hydrogens (tertiary/aromatic N) is 4. The van der Waals surface area contributed by atoms with Crippen LogP contribution in [-0.4, -0.2) is 68.5 Å². The molecule has 6 rings (SSSR count). The van der Waals surface area contributed by atoms with Crippen LogP contribution in [0.1, 0.15) is 44.1 Å². The second-order valence-corrected chi connectivity index (χ2v) is 10.5. The fraction of sp³-hybridized carbons (Fsp3) is 0.357. The van der Waals surface area contributed by atoms with Crippen molar-refractivity contribution in [1.29, 1.82) is 0 Å². The molecule has 0 saturated carbocycles. The summed E-state index contributed by atoms with van der Waals surface area (Å²) in [6.07, 6.45) is 2.08. The van der Waals surface area contributed by atoms with Crippen LogP contribution < -0.4 is 10.1 Å². The Morgan fingerprint density at radius 3 is 2.90 bits per heavy atom. The molecule has 2 aromatic carbocycles. The van der Waals surface area contributed by atoms with Crippen molar-refractivity contribution < 1.29 is 19.1 Å². The lowest BCUT2D eigenvalue weighted by Crippen LogP contribution is -2.44. The van der Waals surface area contributed by atoms with Crippen LogP contribution in [0, 0.1) is 13.8 Å². The van der Waals surface area contributed by atoms with Crippen molar-refractivity contribution in [2.24, 2.45) is 0 Å². The summed E-state index contributed by atoms with van der Waals surface area (Å²) in [7, 11) is 0. The van der Waals surface area contributed by atoms with Crippen molar-refractivity contribution in [2.75, 3.05) is 19.7 Å². The number of aryl methyl sites for hydroxylation is 3. The van der Waals surface area contributed by atoms with E-state index >= 15 is 0 Å². The number of rotatable bonds is 1. The number of likely N-dealkylation sites (tertiary alicyclic amines) is 1. The molecule has 0 unspecified atom stereocenters. The highest BCUT2D eigenvalue weighted by Crippen LogP contribution is 2.28. The molecule has 202 valence electrons. The molecule has 1 saturated heterocycles. The molecule has 0 spiro atoms. The summed E-state index contributed by atoms with van der Waals surface area (Å²) in [6, 6.07) is 10.6. The van der Waals surface area contributed by atoms with Gasteiger partial charge in [0.15, 0.2) is 0 Å². The molecular weight excluding hydrogens is 520 g/mol. The summed E-state index contributed by atoms with van der Waals surface area (Å²) in [5.41, 5.74) is 4.58. The van der Waals surface area contributed by atoms with Gasteiger partial charge in [-0.25, -0.2) is 0 Å². The first-order chi connectivity index (χ1) is 18.9. The normalized spacial score (nSPS) is 20.0. The zero-order valence-electron chi connectivity index (χ0n) is 21.7. The van der Waals surface area contributed by atoms with Gasteiger partial charge in [-0.05, 0) is 49.7 Å². The second kappa shape index (κ2) is 10.3. The zero-order valence-corrected chi connectivity index (χ0v) is 22.5. The van der Waals surface area contributed by atoms with Gasteiger partial charge in [0.25, 0.3) is 11.8 Å². The predicted molar refractivity (Wildman–Crippen MR) is 145 cm³/mol. The maximum Gasteiger partial charge on any atom is 0.270 e. The number of nitrogens with one attached hydrogen (secondary N) is 2. The number of aromatic nitrogens is 4. The minimum atomic E-state index is -0.439. The molecule has 2 N–H and O–H groups in total. The number of ether oxygens (including phenoxy) is 2. The molecule has 0 aliphatic carbocycles. The van der Waals surface area contributed by atoms with E-state index in [1.807, 2.05) is 32.2 Å². The van der Waals surface area contributed by atoms with Gasteiger partial charge < -0.3 is 24.7 Å². The van der Waals surface area contributed by atoms with Gasteiger partial charge in [0.2, 0.25) is 0 Å². The Labute approximate surface area is 230 Å². The van der Waals surface area contributed by atoms with Crippen LogP contribution >= 0.6 is 11.6 Å². The SMILES string of the molecule is Cc1ccc2[nH]c(C(=O)N3C[C@@H]4NC(=O)c5ccc(Cl)c(c5)OCCCn5cc(nn5)CO[C@H]4C3)c(C)c2c1. The van der Waals surface area contributed by atoms with Gasteiger partial charge in [0.1, 0.15) is 17.1 Å². The molecule has 2 amide bonds. The highest BCUT2D eigenvalue weighted by Gasteiger charge is 2.38. The van der Waals surface area contributed by atoms with Crippen LogP contribution in [0.15, 0.2) is 42.6 Å². The van der Waals surface area contributed by atoms with Crippen molar-refractivity contribution in [3.8, 4) is 5.75 Å². The number of hydrogen-bond donors (Lipinski definition) is 2. The molecule has 4 bridgehead atoms. The summed E-state index contributed by atoms with van der Waals surface area (Å²) in [6.45, 7) is 5.83. The van der Waals surface area contributed by atoms with E-state index in [1.165, 1.54) is 0 Å². The molecule has 11 heteroatoms. The van der Waals surface area contributed by atoms with Gasteiger partial charge in [-0.3, -0.25) is 14.3 Å². The quantitative estimate of drug-likeness (QED) is 0.375. The molecule has 4 aromatic rings. The first kappa shape index (κ1) is 25.4. The fourth-order valence-corrected chi connectivity index (χ4v) is 5.35. The molecule has 0 radical (unpaired) electrons. The third-order valence-corrected chi connectivity index (χ3v) is 7.62. The van der Waals surface area contributed by atoms with E-state index in [0.29, 0.717) is 60.4 Å². The Balaban J connectivity index is 1.28. The molecule has 10 nitrogen and oxygen atoms in total. The lowest BCUT2D eigenvalue weighted by atomic mass is 10.1. The van der Waals surface area contributed by atoms with Crippen LogP contribution in [0.3, 0.4) is 0 Å². The van der Waals surface area contributed by atoms with E-state index in [2.05, 4.69) is 26.7 Å². The number of H-pyrrole nitrogens is 1. The Hall–Kier alpha value is -3.89. The highest BCUT2D eigenvalue weighted by atomic mass is 35.5. The first-order valence-corrected chi connectivity index (χ1v) is 13.4. The summed E-state index contributed by atoms with van der Waals surface area (Å²) in [5, 5.41) is 12.9. The van der Waals surface area contributed by atoms with Crippen LogP contribution in [-0.2, 0) is 17.9 Å². The van der Waals surface area contributed by atoms with Crippen molar-refractivity contribution >= 4 is 34.3 Å². The molecule has 2 atom stereocenters. The van der Waals surface area contributed by atoms with Crippen molar-refractivity contribution in [2.45, 2.75) is 45.6 Å². The van der Waals surface area contributed by atoms with Gasteiger partial charge >= 0.3 is 0 Å². The topological polar surface area (TPSA) is 114 Å². The van der Waals surface area contributed by atoms with Gasteiger partial charge in [0, 0.05) is 42.5 Å². The Morgan fingerprint density at radius 1 is 1.15 bits per heavy atom. The van der Waals surface area contributed by atoms with E-state index in [9.17, 15) is 9.59 Å². The monoisotopic (exact) mass is 548 g/mol. The molecule has 2 aliphatic rings. The second-order valence-electron chi connectivity index (χ2n) is 10.1. The lowest BCUT2D eigenvalue weighted by Gasteiger charge is -2.20. The maximum absolute atomic E-state index is 13.7. The van der Waals surface area contributed by atoms with Gasteiger partial charge in [-0.1, -0.05) is 28.4 Å². The largest absolute Gasteiger partial charge is 0.492 e. The minimum absolute atomic E-state index is 0.134. The van der Waals surface area contributed by atoms with Crippen LogP contribution in [0.5, 0.6) is 5.75 Å². The summed E-state index contributed by atoms with van der Waals surface area (Å²) in [5.74, 6) is 0.0154. The first-order valence-electron chi connectivity index (χ1n) is 13.0. The van der Waals surface area contributed by atoms with Crippen molar-refractivity contribution in [3.63, 3.8) is 0 Å². The number of carbonyl (C=O) groups excluding carboxylic acids is 2. The maximum atomic E-state index is 13.7.